The summed E-state index contributed by atoms with van der Waals surface area (Å²) in [5.41, 5.74) is 5.60. The van der Waals surface area contributed by atoms with Gasteiger partial charge in [0.2, 0.25) is 5.91 Å². The van der Waals surface area contributed by atoms with E-state index in [1.807, 2.05) is 0 Å². The lowest BCUT2D eigenvalue weighted by Gasteiger charge is -2.30. The number of nitrogens with one attached hydrogen (secondary N) is 1. The van der Waals surface area contributed by atoms with Crippen LogP contribution in [-0.4, -0.2) is 22.7 Å². The van der Waals surface area contributed by atoms with Gasteiger partial charge in [-0.25, -0.2) is 0 Å². The van der Waals surface area contributed by atoms with Gasteiger partial charge < -0.3 is 16.0 Å². The highest BCUT2D eigenvalue weighted by atomic mass is 16.2. The second kappa shape index (κ2) is 4.12. The van der Waals surface area contributed by atoms with Crippen LogP contribution in [0.1, 0.15) is 35.6 Å². The number of hydrogen-bond donors (Lipinski definition) is 2. The second-order valence-electron chi connectivity index (χ2n) is 4.28. The molecule has 2 heterocycles. The first-order valence-corrected chi connectivity index (χ1v) is 5.67. The largest absolute Gasteiger partial charge is 0.398 e. The summed E-state index contributed by atoms with van der Waals surface area (Å²) >= 11 is 0. The third-order valence-electron chi connectivity index (χ3n) is 2.95. The molecule has 3 rings (SSSR count). The molecule has 1 aromatic carbocycles. The van der Waals surface area contributed by atoms with Crippen LogP contribution in [0.2, 0.25) is 0 Å². The van der Waals surface area contributed by atoms with E-state index >= 15 is 0 Å². The van der Waals surface area contributed by atoms with Crippen molar-refractivity contribution in [3.63, 3.8) is 0 Å². The normalized spacial score (nSPS) is 35.5. The zero-order valence-electron chi connectivity index (χ0n) is 15.0. The van der Waals surface area contributed by atoms with E-state index in [2.05, 4.69) is 11.9 Å². The van der Waals surface area contributed by atoms with Crippen molar-refractivity contribution >= 4 is 17.5 Å². The third-order valence-corrected chi connectivity index (χ3v) is 2.95. The van der Waals surface area contributed by atoms with Gasteiger partial charge in [0.15, 0.2) is 0 Å². The van der Waals surface area contributed by atoms with Gasteiger partial charge in [-0.2, -0.15) is 0 Å². The molecule has 2 amide bonds. The quantitative estimate of drug-likeness (QED) is 0.742. The lowest BCUT2D eigenvalue weighted by molar-refractivity contribution is -0.126. The van der Waals surface area contributed by atoms with Crippen molar-refractivity contribution in [2.75, 3.05) is 5.73 Å². The van der Waals surface area contributed by atoms with Crippen LogP contribution in [0.4, 0.5) is 5.69 Å². The molecule has 1 saturated heterocycles. The molecule has 0 saturated carbocycles. The van der Waals surface area contributed by atoms with Gasteiger partial charge >= 0.3 is 0 Å². The maximum absolute atomic E-state index is 12.7. The van der Waals surface area contributed by atoms with Gasteiger partial charge in [0.05, 0.1) is 4.11 Å². The van der Waals surface area contributed by atoms with Crippen LogP contribution in [0.3, 0.4) is 0 Å². The minimum absolute atomic E-state index is 0.00172. The van der Waals surface area contributed by atoms with Crippen LogP contribution in [-0.2, 0) is 11.3 Å². The van der Waals surface area contributed by atoms with E-state index < -0.39 is 37.1 Å². The summed E-state index contributed by atoms with van der Waals surface area (Å²) in [5.74, 6) is -2.10. The molecule has 3 N–H and O–H groups in total. The molecule has 1 unspecified atom stereocenters. The predicted molar refractivity (Wildman–Crippen MR) is 71.0 cm³/mol. The van der Waals surface area contributed by atoms with Crippen molar-refractivity contribution in [3.8, 4) is 0 Å². The van der Waals surface area contributed by atoms with Gasteiger partial charge in [0, 0.05) is 31.7 Å². The lowest BCUT2D eigenvalue weighted by Crippen LogP contribution is -2.49. The number of carbonyl (C=O) groups excluding carboxylic acids is 2. The minimum Gasteiger partial charge on any atom is -0.398 e. The number of rotatable bonds is 1. The fourth-order valence-corrected chi connectivity index (χ4v) is 2.03. The number of fused-ring (bicyclic) bond motifs is 1. The van der Waals surface area contributed by atoms with Gasteiger partial charge in [0.25, 0.3) is 5.91 Å². The maximum Gasteiger partial charge on any atom is 0.255 e. The summed E-state index contributed by atoms with van der Waals surface area (Å²) in [5, 5.41) is 2.25. The standard InChI is InChI=1S/C14H15N3O2/c1-8-5-6-12(13(18)16-8)17-7-10-9(14(17)19)3-2-4-11(10)15/h2-4,12H,1,5-7,15H2,(H,16,18)/i6D2,7D2,12D. The average Bonchev–Trinajstić information content (AvgIpc) is 2.64. The summed E-state index contributed by atoms with van der Waals surface area (Å²) in [4.78, 5) is 25.5. The van der Waals surface area contributed by atoms with Crippen molar-refractivity contribution in [2.24, 2.45) is 0 Å². The van der Waals surface area contributed by atoms with Gasteiger partial charge in [-0.1, -0.05) is 12.6 Å². The van der Waals surface area contributed by atoms with Crippen molar-refractivity contribution in [1.29, 1.82) is 0 Å². The van der Waals surface area contributed by atoms with Gasteiger partial charge in [-0.15, -0.1) is 0 Å². The Labute approximate surface area is 118 Å². The number of piperidine rings is 1. The minimum atomic E-state index is -2.81. The Bertz CT molecular complexity index is 795. The van der Waals surface area contributed by atoms with Gasteiger partial charge in [-0.3, -0.25) is 9.59 Å². The molecule has 98 valence electrons. The topological polar surface area (TPSA) is 75.4 Å². The molecule has 1 atom stereocenters. The van der Waals surface area contributed by atoms with E-state index in [0.717, 1.165) is 0 Å². The molecule has 0 aliphatic carbocycles. The number of benzene rings is 1. The van der Waals surface area contributed by atoms with Crippen molar-refractivity contribution in [1.82, 2.24) is 10.2 Å². The Morgan fingerprint density at radius 1 is 1.53 bits per heavy atom. The molecule has 2 aliphatic rings. The summed E-state index contributed by atoms with van der Waals surface area (Å²) in [6.45, 7) is 0.881. The smallest absolute Gasteiger partial charge is 0.255 e. The maximum atomic E-state index is 12.7. The Kier molecular flexibility index (Phi) is 1.59. The lowest BCUT2D eigenvalue weighted by atomic mass is 10.0. The highest BCUT2D eigenvalue weighted by Gasteiger charge is 2.38. The molecule has 0 spiro atoms. The molecule has 1 fully saturated rings. The first-order valence-electron chi connectivity index (χ1n) is 8.17. The highest BCUT2D eigenvalue weighted by Crippen LogP contribution is 2.31. The van der Waals surface area contributed by atoms with Crippen molar-refractivity contribution in [3.05, 3.63) is 41.6 Å². The van der Waals surface area contributed by atoms with Crippen LogP contribution in [0.25, 0.3) is 0 Å². The number of amides is 2. The van der Waals surface area contributed by atoms with Crippen LogP contribution in [0, 0.1) is 0 Å². The van der Waals surface area contributed by atoms with E-state index in [4.69, 9.17) is 12.6 Å². The summed E-state index contributed by atoms with van der Waals surface area (Å²) in [6, 6.07) is 1.39. The molecule has 5 nitrogen and oxygen atoms in total. The number of anilines is 1. The molecule has 2 aliphatic heterocycles. The second-order valence-corrected chi connectivity index (χ2v) is 4.28. The Hall–Kier alpha value is -2.30. The van der Waals surface area contributed by atoms with Crippen LogP contribution in [0.5, 0.6) is 0 Å². The molecule has 0 aromatic heterocycles. The third kappa shape index (κ3) is 1.78. The summed E-state index contributed by atoms with van der Waals surface area (Å²) in [7, 11) is 0. The fourth-order valence-electron chi connectivity index (χ4n) is 2.03. The SMILES string of the molecule is [2H]C1([2H])c2c(N)cccc2C(=O)N1C1([2H])C(=O)NC(=C)CC1([2H])[2H]. The molecular formula is C14H15N3O2. The van der Waals surface area contributed by atoms with E-state index in [0.29, 0.717) is 4.90 Å². The Balaban J connectivity index is 2.23. The average molecular weight is 262 g/mol. The van der Waals surface area contributed by atoms with E-state index in [1.165, 1.54) is 18.2 Å². The predicted octanol–water partition coefficient (Wildman–Crippen LogP) is 1.02. The highest BCUT2D eigenvalue weighted by molar-refractivity contribution is 6.02. The Morgan fingerprint density at radius 2 is 2.32 bits per heavy atom. The zero-order valence-corrected chi connectivity index (χ0v) is 9.99. The molecular weight excluding hydrogens is 242 g/mol. The number of nitrogen functional groups attached to an aromatic ring is 1. The number of nitrogens with zero attached hydrogens (tertiary/aromatic N) is 1. The molecule has 0 radical (unpaired) electrons. The fraction of sp³-hybridized carbons (Fsp3) is 0.286. The molecule has 5 heteroatoms. The number of allylic oxidation sites excluding steroid dienone is 1. The number of hydrogen-bond acceptors (Lipinski definition) is 3. The van der Waals surface area contributed by atoms with Crippen LogP contribution >= 0.6 is 0 Å². The van der Waals surface area contributed by atoms with Gasteiger partial charge in [-0.05, 0) is 24.9 Å². The molecule has 0 bridgehead atoms. The zero-order chi connectivity index (χ0) is 18.1. The first kappa shape index (κ1) is 7.33. The van der Waals surface area contributed by atoms with Crippen LogP contribution < -0.4 is 11.1 Å². The van der Waals surface area contributed by atoms with Gasteiger partial charge in [0.1, 0.15) is 6.02 Å². The summed E-state index contributed by atoms with van der Waals surface area (Å²) < 4.78 is 41.2. The van der Waals surface area contributed by atoms with Crippen molar-refractivity contribution in [2.45, 2.75) is 25.3 Å². The number of nitrogens with two attached hydrogens (primary N) is 1. The van der Waals surface area contributed by atoms with Crippen molar-refractivity contribution < 1.29 is 16.4 Å². The van der Waals surface area contributed by atoms with E-state index in [1.54, 1.807) is 0 Å². The monoisotopic (exact) mass is 262 g/mol. The van der Waals surface area contributed by atoms with Crippen LogP contribution in [0.15, 0.2) is 30.5 Å². The first-order chi connectivity index (χ1) is 10.9. The van der Waals surface area contributed by atoms with E-state index in [-0.39, 0.29) is 22.5 Å². The number of carbonyl (C=O) groups is 2. The molecule has 1 aromatic rings. The Morgan fingerprint density at radius 3 is 3.00 bits per heavy atom. The molecule has 19 heavy (non-hydrogen) atoms. The summed E-state index contributed by atoms with van der Waals surface area (Å²) in [6.07, 6.45) is -2.94. The van der Waals surface area contributed by atoms with E-state index in [9.17, 15) is 9.59 Å².